The van der Waals surface area contributed by atoms with E-state index in [-0.39, 0.29) is 18.9 Å². The predicted molar refractivity (Wildman–Crippen MR) is 81.3 cm³/mol. The van der Waals surface area contributed by atoms with E-state index < -0.39 is 5.97 Å². The molecule has 110 valence electrons. The van der Waals surface area contributed by atoms with Crippen molar-refractivity contribution >= 4 is 23.2 Å². The number of rotatable bonds is 6. The highest BCUT2D eigenvalue weighted by atomic mass is 32.1. The third-order valence-corrected chi connectivity index (χ3v) is 3.88. The zero-order chi connectivity index (χ0) is 15.2. The monoisotopic (exact) mass is 304 g/mol. The van der Waals surface area contributed by atoms with Gasteiger partial charge in [0.1, 0.15) is 11.6 Å². The fraction of sp³-hybridized carbons (Fsp3) is 0.267. The molecule has 2 rings (SSSR count). The maximum Gasteiger partial charge on any atom is 0.322 e. The lowest BCUT2D eigenvalue weighted by molar-refractivity contribution is -0.137. The van der Waals surface area contributed by atoms with Gasteiger partial charge < -0.3 is 10.4 Å². The van der Waals surface area contributed by atoms with E-state index in [0.717, 1.165) is 17.0 Å². The van der Waals surface area contributed by atoms with E-state index >= 15 is 0 Å². The lowest BCUT2D eigenvalue weighted by atomic mass is 10.1. The molecule has 0 radical (unpaired) electrons. The first-order valence-corrected chi connectivity index (χ1v) is 7.48. The van der Waals surface area contributed by atoms with Crippen LogP contribution in [-0.2, 0) is 22.4 Å². The Labute approximate surface area is 126 Å². The van der Waals surface area contributed by atoms with Gasteiger partial charge in [0.25, 0.3) is 0 Å². The van der Waals surface area contributed by atoms with Gasteiger partial charge in [0.05, 0.1) is 12.1 Å². The van der Waals surface area contributed by atoms with Crippen molar-refractivity contribution in [2.75, 3.05) is 6.54 Å². The number of carboxylic acids is 1. The van der Waals surface area contributed by atoms with Crippen molar-refractivity contribution in [1.29, 1.82) is 0 Å². The van der Waals surface area contributed by atoms with Crippen LogP contribution in [0.2, 0.25) is 0 Å². The Bertz CT molecular complexity index is 635. The zero-order valence-corrected chi connectivity index (χ0v) is 12.4. The second-order valence-corrected chi connectivity index (χ2v) is 5.40. The third-order valence-electron chi connectivity index (χ3n) is 2.94. The highest BCUT2D eigenvalue weighted by molar-refractivity contribution is 7.13. The Morgan fingerprint density at radius 1 is 1.29 bits per heavy atom. The quantitative estimate of drug-likeness (QED) is 0.856. The molecule has 6 heteroatoms. The summed E-state index contributed by atoms with van der Waals surface area (Å²) in [4.78, 5) is 26.3. The van der Waals surface area contributed by atoms with Crippen molar-refractivity contribution in [2.24, 2.45) is 0 Å². The van der Waals surface area contributed by atoms with Crippen molar-refractivity contribution in [3.63, 3.8) is 0 Å². The van der Waals surface area contributed by atoms with Gasteiger partial charge in [0.2, 0.25) is 5.91 Å². The highest BCUT2D eigenvalue weighted by Gasteiger charge is 2.09. The van der Waals surface area contributed by atoms with Gasteiger partial charge in [-0.25, -0.2) is 4.98 Å². The average Bonchev–Trinajstić information content (AvgIpc) is 2.93. The van der Waals surface area contributed by atoms with Crippen LogP contribution in [-0.4, -0.2) is 28.5 Å². The molecule has 0 aliphatic rings. The number of aryl methyl sites for hydroxylation is 1. The fourth-order valence-corrected chi connectivity index (χ4v) is 2.63. The molecular formula is C15H16N2O3S. The molecule has 0 atom stereocenters. The first-order valence-electron chi connectivity index (χ1n) is 6.60. The minimum absolute atomic E-state index is 0.0941. The van der Waals surface area contributed by atoms with Crippen molar-refractivity contribution in [3.8, 4) is 10.6 Å². The Morgan fingerprint density at radius 3 is 2.62 bits per heavy atom. The molecule has 1 aromatic carbocycles. The normalized spacial score (nSPS) is 10.3. The standard InChI is InChI=1S/C15H16N2O3S/c1-2-10-3-5-11(6-4-10)15-17-12(9-21-15)7-13(18)16-8-14(19)20/h3-6,9H,2,7-8H2,1H3,(H,16,18)(H,19,20). The van der Waals surface area contributed by atoms with Gasteiger partial charge in [-0.05, 0) is 12.0 Å². The molecule has 5 nitrogen and oxygen atoms in total. The lowest BCUT2D eigenvalue weighted by Gasteiger charge is -2.00. The number of thiazole rings is 1. The number of carbonyl (C=O) groups is 2. The van der Waals surface area contributed by atoms with Gasteiger partial charge in [-0.1, -0.05) is 31.2 Å². The maximum atomic E-state index is 11.5. The zero-order valence-electron chi connectivity index (χ0n) is 11.6. The molecule has 0 aliphatic heterocycles. The minimum Gasteiger partial charge on any atom is -0.480 e. The van der Waals surface area contributed by atoms with E-state index in [2.05, 4.69) is 29.4 Å². The Balaban J connectivity index is 2.00. The number of nitrogens with one attached hydrogen (secondary N) is 1. The van der Waals surface area contributed by atoms with Crippen LogP contribution in [0.15, 0.2) is 29.6 Å². The van der Waals surface area contributed by atoms with Gasteiger partial charge in [0.15, 0.2) is 0 Å². The van der Waals surface area contributed by atoms with E-state index in [1.165, 1.54) is 16.9 Å². The van der Waals surface area contributed by atoms with Crippen LogP contribution in [0.3, 0.4) is 0 Å². The number of aliphatic carboxylic acids is 1. The summed E-state index contributed by atoms with van der Waals surface area (Å²) in [6.45, 7) is 1.74. The van der Waals surface area contributed by atoms with Gasteiger partial charge in [0, 0.05) is 10.9 Å². The second-order valence-electron chi connectivity index (χ2n) is 4.54. The Hall–Kier alpha value is -2.21. The molecule has 2 aromatic rings. The van der Waals surface area contributed by atoms with Gasteiger partial charge in [-0.2, -0.15) is 0 Å². The van der Waals surface area contributed by atoms with Gasteiger partial charge in [-0.3, -0.25) is 9.59 Å². The summed E-state index contributed by atoms with van der Waals surface area (Å²) in [7, 11) is 0. The summed E-state index contributed by atoms with van der Waals surface area (Å²) in [5, 5.41) is 13.5. The molecule has 1 aromatic heterocycles. The van der Waals surface area contributed by atoms with Crippen LogP contribution < -0.4 is 5.32 Å². The maximum absolute atomic E-state index is 11.5. The Kier molecular flexibility index (Phi) is 5.05. The first kappa shape index (κ1) is 15.2. The van der Waals surface area contributed by atoms with Crippen LogP contribution in [0.4, 0.5) is 0 Å². The average molecular weight is 304 g/mol. The molecule has 1 heterocycles. The number of carbonyl (C=O) groups excluding carboxylic acids is 1. The van der Waals surface area contributed by atoms with Crippen LogP contribution in [0, 0.1) is 0 Å². The fourth-order valence-electron chi connectivity index (χ4n) is 1.80. The molecule has 0 bridgehead atoms. The van der Waals surface area contributed by atoms with Crippen molar-refractivity contribution in [1.82, 2.24) is 10.3 Å². The van der Waals surface area contributed by atoms with E-state index in [0.29, 0.717) is 5.69 Å². The molecule has 0 fully saturated rings. The van der Waals surface area contributed by atoms with Crippen LogP contribution in [0.5, 0.6) is 0 Å². The summed E-state index contributed by atoms with van der Waals surface area (Å²) < 4.78 is 0. The number of nitrogens with zero attached hydrogens (tertiary/aromatic N) is 1. The lowest BCUT2D eigenvalue weighted by Crippen LogP contribution is -2.30. The smallest absolute Gasteiger partial charge is 0.322 e. The second kappa shape index (κ2) is 6.99. The molecule has 2 N–H and O–H groups in total. The Morgan fingerprint density at radius 2 is 2.00 bits per heavy atom. The summed E-state index contributed by atoms with van der Waals surface area (Å²) in [6.07, 6.45) is 1.09. The summed E-state index contributed by atoms with van der Waals surface area (Å²) >= 11 is 1.48. The number of benzene rings is 1. The predicted octanol–water partition coefficient (Wildman–Crippen LogP) is 2.12. The molecule has 0 unspecified atom stereocenters. The summed E-state index contributed by atoms with van der Waals surface area (Å²) in [5.41, 5.74) is 2.94. The molecule has 21 heavy (non-hydrogen) atoms. The molecule has 0 saturated carbocycles. The molecular weight excluding hydrogens is 288 g/mol. The number of carboxylic acid groups (broad SMARTS) is 1. The van der Waals surface area contributed by atoms with Gasteiger partial charge in [-0.15, -0.1) is 11.3 Å². The van der Waals surface area contributed by atoms with E-state index in [1.54, 1.807) is 0 Å². The highest BCUT2D eigenvalue weighted by Crippen LogP contribution is 2.24. The van der Waals surface area contributed by atoms with Crippen LogP contribution in [0.25, 0.3) is 10.6 Å². The first-order chi connectivity index (χ1) is 10.1. The van der Waals surface area contributed by atoms with Crippen LogP contribution in [0.1, 0.15) is 18.2 Å². The number of hydrogen-bond donors (Lipinski definition) is 2. The van der Waals surface area contributed by atoms with Crippen molar-refractivity contribution < 1.29 is 14.7 Å². The van der Waals surface area contributed by atoms with Gasteiger partial charge >= 0.3 is 5.97 Å². The molecule has 1 amide bonds. The number of aromatic nitrogens is 1. The summed E-state index contributed by atoms with van der Waals surface area (Å²) in [6, 6.07) is 8.17. The molecule has 0 saturated heterocycles. The third kappa shape index (κ3) is 4.39. The van der Waals surface area contributed by atoms with E-state index in [4.69, 9.17) is 5.11 Å². The van der Waals surface area contributed by atoms with E-state index in [9.17, 15) is 9.59 Å². The number of hydrogen-bond acceptors (Lipinski definition) is 4. The summed E-state index contributed by atoms with van der Waals surface area (Å²) in [5.74, 6) is -1.39. The molecule has 0 spiro atoms. The minimum atomic E-state index is -1.06. The molecule has 0 aliphatic carbocycles. The topological polar surface area (TPSA) is 79.3 Å². The van der Waals surface area contributed by atoms with Crippen molar-refractivity contribution in [2.45, 2.75) is 19.8 Å². The number of amides is 1. The SMILES string of the molecule is CCc1ccc(-c2nc(CC(=O)NCC(=O)O)cs2)cc1. The van der Waals surface area contributed by atoms with E-state index in [1.807, 2.05) is 17.5 Å². The van der Waals surface area contributed by atoms with Crippen LogP contribution >= 0.6 is 11.3 Å². The largest absolute Gasteiger partial charge is 0.480 e. The van der Waals surface area contributed by atoms with Crippen molar-refractivity contribution in [3.05, 3.63) is 40.9 Å².